The first-order valence-electron chi connectivity index (χ1n) is 11.1. The summed E-state index contributed by atoms with van der Waals surface area (Å²) in [6.07, 6.45) is 5.82. The Balaban J connectivity index is 1.63. The molecule has 3 aromatic rings. The van der Waals surface area contributed by atoms with Crippen LogP contribution in [0.15, 0.2) is 65.7 Å². The number of rotatable bonds is 7. The van der Waals surface area contributed by atoms with Crippen LogP contribution in [-0.4, -0.2) is 36.8 Å². The predicted molar refractivity (Wildman–Crippen MR) is 123 cm³/mol. The van der Waals surface area contributed by atoms with Crippen LogP contribution >= 0.6 is 0 Å². The zero-order valence-electron chi connectivity index (χ0n) is 17.9. The molecule has 30 heavy (non-hydrogen) atoms. The van der Waals surface area contributed by atoms with Crippen molar-refractivity contribution in [1.29, 1.82) is 0 Å². The normalized spacial score (nSPS) is 19.4. The number of piperidine rings is 1. The zero-order chi connectivity index (χ0) is 21.1. The Hall–Kier alpha value is -2.11. The fourth-order valence-corrected chi connectivity index (χ4v) is 6.61. The van der Waals surface area contributed by atoms with Gasteiger partial charge in [-0.1, -0.05) is 50.2 Å². The first kappa shape index (κ1) is 21.1. The molecule has 1 aromatic heterocycles. The third-order valence-electron chi connectivity index (χ3n) is 6.34. The highest BCUT2D eigenvalue weighted by molar-refractivity contribution is 7.92. The van der Waals surface area contributed by atoms with E-state index < -0.39 is 15.2 Å². The Kier molecular flexibility index (Phi) is 6.30. The van der Waals surface area contributed by atoms with Gasteiger partial charge in [0.05, 0.1) is 4.90 Å². The Morgan fingerprint density at radius 3 is 2.53 bits per heavy atom. The highest BCUT2D eigenvalue weighted by Crippen LogP contribution is 2.35. The standard InChI is InChI=1S/C25H32N2O2S/c1-19(2)14-15-25(30(28,29)21-10-4-3-5-11-21)27-16-8-9-20(18-27)23-17-26-24-13-7-6-12-22(23)24/h3-7,10-13,17,19-20,25-26H,8-9,14-16,18H2,1-2H3. The topological polar surface area (TPSA) is 53.2 Å². The summed E-state index contributed by atoms with van der Waals surface area (Å²) in [6.45, 7) is 5.96. The summed E-state index contributed by atoms with van der Waals surface area (Å²) in [5, 5.41) is 0.796. The number of hydrogen-bond donors (Lipinski definition) is 1. The molecule has 2 unspecified atom stereocenters. The first-order valence-corrected chi connectivity index (χ1v) is 12.6. The van der Waals surface area contributed by atoms with Crippen molar-refractivity contribution < 1.29 is 8.42 Å². The monoisotopic (exact) mass is 424 g/mol. The van der Waals surface area contributed by atoms with Crippen LogP contribution in [0.1, 0.15) is 51.0 Å². The minimum atomic E-state index is -3.41. The summed E-state index contributed by atoms with van der Waals surface area (Å²) in [6, 6.07) is 17.4. The van der Waals surface area contributed by atoms with Crippen molar-refractivity contribution in [2.24, 2.45) is 5.92 Å². The number of nitrogens with one attached hydrogen (secondary N) is 1. The molecule has 0 bridgehead atoms. The van der Waals surface area contributed by atoms with E-state index in [1.54, 1.807) is 12.1 Å². The van der Waals surface area contributed by atoms with Crippen molar-refractivity contribution in [3.63, 3.8) is 0 Å². The molecule has 1 fully saturated rings. The van der Waals surface area contributed by atoms with Crippen LogP contribution in [0.3, 0.4) is 0 Å². The molecule has 0 amide bonds. The van der Waals surface area contributed by atoms with Crippen LogP contribution in [0.2, 0.25) is 0 Å². The quantitative estimate of drug-likeness (QED) is 0.538. The summed E-state index contributed by atoms with van der Waals surface area (Å²) < 4.78 is 27.2. The molecule has 1 aliphatic rings. The van der Waals surface area contributed by atoms with Crippen LogP contribution in [0.5, 0.6) is 0 Å². The van der Waals surface area contributed by atoms with E-state index in [9.17, 15) is 8.42 Å². The van der Waals surface area contributed by atoms with E-state index in [-0.39, 0.29) is 0 Å². The van der Waals surface area contributed by atoms with Gasteiger partial charge in [0.1, 0.15) is 5.37 Å². The molecule has 2 heterocycles. The van der Waals surface area contributed by atoms with Crippen molar-refractivity contribution in [2.45, 2.75) is 55.7 Å². The highest BCUT2D eigenvalue weighted by atomic mass is 32.2. The van der Waals surface area contributed by atoms with Crippen LogP contribution in [0.25, 0.3) is 10.9 Å². The number of aromatic nitrogens is 1. The maximum absolute atomic E-state index is 13.6. The number of hydrogen-bond acceptors (Lipinski definition) is 3. The summed E-state index contributed by atoms with van der Waals surface area (Å²) >= 11 is 0. The maximum Gasteiger partial charge on any atom is 0.194 e. The molecular formula is C25H32N2O2S. The van der Waals surface area contributed by atoms with Crippen molar-refractivity contribution in [2.75, 3.05) is 13.1 Å². The number of aromatic amines is 1. The second kappa shape index (κ2) is 8.94. The molecule has 5 heteroatoms. The maximum atomic E-state index is 13.6. The molecule has 0 spiro atoms. The SMILES string of the molecule is CC(C)CCC(N1CCCC(c2c[nH]c3ccccc23)C1)S(=O)(=O)c1ccccc1. The number of benzene rings is 2. The van der Waals surface area contributed by atoms with Gasteiger partial charge in [-0.3, -0.25) is 4.90 Å². The lowest BCUT2D eigenvalue weighted by Gasteiger charge is -2.38. The number of nitrogens with zero attached hydrogens (tertiary/aromatic N) is 1. The van der Waals surface area contributed by atoms with E-state index in [2.05, 4.69) is 48.1 Å². The van der Waals surface area contributed by atoms with Crippen LogP contribution in [-0.2, 0) is 9.84 Å². The third kappa shape index (κ3) is 4.33. The minimum absolute atomic E-state index is 0.349. The molecular weight excluding hydrogens is 392 g/mol. The van der Waals surface area contributed by atoms with Crippen LogP contribution in [0, 0.1) is 5.92 Å². The van der Waals surface area contributed by atoms with Gasteiger partial charge in [0, 0.05) is 23.6 Å². The lowest BCUT2D eigenvalue weighted by atomic mass is 9.90. The predicted octanol–water partition coefficient (Wildman–Crippen LogP) is 5.58. The Bertz CT molecular complexity index is 1070. The van der Waals surface area contributed by atoms with Crippen LogP contribution in [0.4, 0.5) is 0 Å². The molecule has 4 rings (SSSR count). The molecule has 0 aliphatic carbocycles. The molecule has 0 radical (unpaired) electrons. The Morgan fingerprint density at radius 1 is 1.03 bits per heavy atom. The zero-order valence-corrected chi connectivity index (χ0v) is 18.7. The first-order chi connectivity index (χ1) is 14.5. The molecule has 1 N–H and O–H groups in total. The summed E-state index contributed by atoms with van der Waals surface area (Å²) in [4.78, 5) is 6.06. The van der Waals surface area contributed by atoms with E-state index in [0.29, 0.717) is 23.2 Å². The number of fused-ring (bicyclic) bond motifs is 1. The van der Waals surface area contributed by atoms with E-state index >= 15 is 0 Å². The number of likely N-dealkylation sites (tertiary alicyclic amines) is 1. The van der Waals surface area contributed by atoms with Gasteiger partial charge in [-0.25, -0.2) is 8.42 Å². The lowest BCUT2D eigenvalue weighted by Crippen LogP contribution is -2.46. The van der Waals surface area contributed by atoms with Crippen molar-refractivity contribution in [1.82, 2.24) is 9.88 Å². The summed E-state index contributed by atoms with van der Waals surface area (Å²) in [7, 11) is -3.41. The number of H-pyrrole nitrogens is 1. The van der Waals surface area contributed by atoms with Gasteiger partial charge in [-0.05, 0) is 67.8 Å². The van der Waals surface area contributed by atoms with E-state index in [4.69, 9.17) is 0 Å². The van der Waals surface area contributed by atoms with Crippen molar-refractivity contribution >= 4 is 20.7 Å². The van der Waals surface area contributed by atoms with Crippen molar-refractivity contribution in [3.8, 4) is 0 Å². The van der Waals surface area contributed by atoms with Gasteiger partial charge < -0.3 is 4.98 Å². The molecule has 0 saturated carbocycles. The van der Waals surface area contributed by atoms with E-state index in [1.165, 1.54) is 10.9 Å². The lowest BCUT2D eigenvalue weighted by molar-refractivity contribution is 0.178. The molecule has 160 valence electrons. The molecule has 2 atom stereocenters. The van der Waals surface area contributed by atoms with Crippen LogP contribution < -0.4 is 0 Å². The molecule has 4 nitrogen and oxygen atoms in total. The molecule has 1 aliphatic heterocycles. The molecule has 1 saturated heterocycles. The average Bonchev–Trinajstić information content (AvgIpc) is 3.19. The number of para-hydroxylation sites is 1. The van der Waals surface area contributed by atoms with Gasteiger partial charge >= 0.3 is 0 Å². The molecule has 2 aromatic carbocycles. The minimum Gasteiger partial charge on any atom is -0.361 e. The smallest absolute Gasteiger partial charge is 0.194 e. The summed E-state index contributed by atoms with van der Waals surface area (Å²) in [5.74, 6) is 0.829. The largest absolute Gasteiger partial charge is 0.361 e. The fourth-order valence-electron chi connectivity index (χ4n) is 4.73. The highest BCUT2D eigenvalue weighted by Gasteiger charge is 2.36. The van der Waals surface area contributed by atoms with Crippen molar-refractivity contribution in [3.05, 3.63) is 66.4 Å². The van der Waals surface area contributed by atoms with Gasteiger partial charge in [0.15, 0.2) is 9.84 Å². The van der Waals surface area contributed by atoms with Gasteiger partial charge in [-0.2, -0.15) is 0 Å². The fraction of sp³-hybridized carbons (Fsp3) is 0.440. The van der Waals surface area contributed by atoms with E-state index in [1.807, 2.05) is 24.3 Å². The van der Waals surface area contributed by atoms with Gasteiger partial charge in [0.2, 0.25) is 0 Å². The average molecular weight is 425 g/mol. The summed E-state index contributed by atoms with van der Waals surface area (Å²) in [5.41, 5.74) is 2.47. The second-order valence-corrected chi connectivity index (χ2v) is 11.0. The van der Waals surface area contributed by atoms with Gasteiger partial charge in [0.25, 0.3) is 0 Å². The number of sulfone groups is 1. The second-order valence-electron chi connectivity index (χ2n) is 8.91. The van der Waals surface area contributed by atoms with Gasteiger partial charge in [-0.15, -0.1) is 0 Å². The van der Waals surface area contributed by atoms with E-state index in [0.717, 1.165) is 37.9 Å². The third-order valence-corrected chi connectivity index (χ3v) is 8.52. The Labute approximate surface area is 180 Å². The Morgan fingerprint density at radius 2 is 1.77 bits per heavy atom.